The minimum atomic E-state index is -0.207. The van der Waals surface area contributed by atoms with Gasteiger partial charge in [-0.1, -0.05) is 6.92 Å². The van der Waals surface area contributed by atoms with E-state index in [-0.39, 0.29) is 23.9 Å². The zero-order valence-corrected chi connectivity index (χ0v) is 13.2. The molecule has 1 aliphatic heterocycles. The summed E-state index contributed by atoms with van der Waals surface area (Å²) in [6.45, 7) is 4.97. The van der Waals surface area contributed by atoms with Crippen LogP contribution in [0.2, 0.25) is 0 Å². The lowest BCUT2D eigenvalue weighted by atomic mass is 9.88. The Balaban J connectivity index is 2.28. The summed E-state index contributed by atoms with van der Waals surface area (Å²) in [5, 5.41) is 4.27. The predicted octanol–water partition coefficient (Wildman–Crippen LogP) is 0.784. The molecule has 1 aromatic heterocycles. The molecule has 0 bridgehead atoms. The minimum Gasteiger partial charge on any atom is -0.369 e. The lowest BCUT2D eigenvalue weighted by Crippen LogP contribution is -2.51. The van der Waals surface area contributed by atoms with Gasteiger partial charge in [-0.3, -0.25) is 14.4 Å². The molecule has 0 aromatic carbocycles. The van der Waals surface area contributed by atoms with Crippen LogP contribution in [0.5, 0.6) is 0 Å². The molecule has 1 fully saturated rings. The Kier molecular flexibility index (Phi) is 5.00. The monoisotopic (exact) mass is 293 g/mol. The van der Waals surface area contributed by atoms with Crippen molar-refractivity contribution in [1.29, 1.82) is 0 Å². The van der Waals surface area contributed by atoms with Gasteiger partial charge in [-0.15, -0.1) is 0 Å². The molecule has 0 radical (unpaired) electrons. The van der Waals surface area contributed by atoms with E-state index in [1.54, 1.807) is 4.68 Å². The van der Waals surface area contributed by atoms with Gasteiger partial charge in [0, 0.05) is 37.4 Å². The molecule has 2 heterocycles. The third-order valence-electron chi connectivity index (χ3n) is 4.63. The normalized spacial score (nSPS) is 26.5. The number of nitrogens with two attached hydrogens (primary N) is 2. The van der Waals surface area contributed by atoms with E-state index in [1.807, 2.05) is 19.4 Å². The summed E-state index contributed by atoms with van der Waals surface area (Å²) in [6.07, 6.45) is 6.61. The van der Waals surface area contributed by atoms with Crippen molar-refractivity contribution in [3.8, 4) is 0 Å². The second-order valence-corrected chi connectivity index (χ2v) is 6.19. The van der Waals surface area contributed by atoms with Crippen LogP contribution in [-0.4, -0.2) is 39.2 Å². The average molecular weight is 293 g/mol. The molecule has 6 heteroatoms. The zero-order chi connectivity index (χ0) is 15.6. The highest BCUT2D eigenvalue weighted by atomic mass is 16.1. The largest absolute Gasteiger partial charge is 0.369 e. The maximum Gasteiger partial charge on any atom is 0.221 e. The number of likely N-dealkylation sites (tertiary alicyclic amines) is 1. The smallest absolute Gasteiger partial charge is 0.221 e. The highest BCUT2D eigenvalue weighted by Gasteiger charge is 2.36. The van der Waals surface area contributed by atoms with E-state index in [1.165, 1.54) is 0 Å². The lowest BCUT2D eigenvalue weighted by Gasteiger charge is -2.43. The van der Waals surface area contributed by atoms with Crippen LogP contribution in [0.15, 0.2) is 12.4 Å². The van der Waals surface area contributed by atoms with Crippen LogP contribution in [-0.2, 0) is 11.8 Å². The standard InChI is InChI=1S/C15H27N5O/c1-4-13(16)14(12-7-18-19(3)8-12)20-9-11(15(17)21)6-5-10(20)2/h7-8,10-11,13-14H,4-6,9,16H2,1-3H3,(H2,17,21). The predicted molar refractivity (Wildman–Crippen MR) is 82.3 cm³/mol. The Morgan fingerprint density at radius 1 is 1.52 bits per heavy atom. The number of hydrogen-bond acceptors (Lipinski definition) is 4. The molecule has 0 spiro atoms. The van der Waals surface area contributed by atoms with Crippen molar-refractivity contribution in [3.05, 3.63) is 18.0 Å². The molecule has 0 aliphatic carbocycles. The quantitative estimate of drug-likeness (QED) is 0.839. The fourth-order valence-electron chi connectivity index (χ4n) is 3.25. The SMILES string of the molecule is CCC(N)C(c1cnn(C)c1)N1CC(C(N)=O)CCC1C. The van der Waals surface area contributed by atoms with Crippen molar-refractivity contribution < 1.29 is 4.79 Å². The molecular formula is C15H27N5O. The van der Waals surface area contributed by atoms with Gasteiger partial charge in [0.15, 0.2) is 0 Å². The third kappa shape index (κ3) is 3.44. The summed E-state index contributed by atoms with van der Waals surface area (Å²) in [7, 11) is 1.91. The Bertz CT molecular complexity index is 486. The van der Waals surface area contributed by atoms with Crippen molar-refractivity contribution in [2.75, 3.05) is 6.54 Å². The molecule has 1 saturated heterocycles. The first-order valence-corrected chi connectivity index (χ1v) is 7.73. The molecule has 4 unspecified atom stereocenters. The van der Waals surface area contributed by atoms with E-state index < -0.39 is 0 Å². The zero-order valence-electron chi connectivity index (χ0n) is 13.2. The number of aromatic nitrogens is 2. The molecule has 6 nitrogen and oxygen atoms in total. The first-order valence-electron chi connectivity index (χ1n) is 7.73. The number of hydrogen-bond donors (Lipinski definition) is 2. The molecule has 4 atom stereocenters. The van der Waals surface area contributed by atoms with Gasteiger partial charge in [0.2, 0.25) is 5.91 Å². The van der Waals surface area contributed by atoms with E-state index in [4.69, 9.17) is 11.5 Å². The van der Waals surface area contributed by atoms with E-state index >= 15 is 0 Å². The molecule has 2 rings (SSSR count). The van der Waals surface area contributed by atoms with E-state index in [9.17, 15) is 4.79 Å². The van der Waals surface area contributed by atoms with Crippen LogP contribution in [0.25, 0.3) is 0 Å². The Morgan fingerprint density at radius 3 is 2.76 bits per heavy atom. The first-order chi connectivity index (χ1) is 9.93. The van der Waals surface area contributed by atoms with Crippen molar-refractivity contribution in [3.63, 3.8) is 0 Å². The van der Waals surface area contributed by atoms with Crippen molar-refractivity contribution in [2.45, 2.75) is 51.2 Å². The fraction of sp³-hybridized carbons (Fsp3) is 0.733. The number of amides is 1. The molecule has 4 N–H and O–H groups in total. The second-order valence-electron chi connectivity index (χ2n) is 6.19. The molecule has 1 amide bonds. The summed E-state index contributed by atoms with van der Waals surface area (Å²) in [6, 6.07) is 0.493. The summed E-state index contributed by atoms with van der Waals surface area (Å²) in [4.78, 5) is 13.9. The minimum absolute atomic E-state index is 0.0169. The molecule has 1 aliphatic rings. The van der Waals surface area contributed by atoms with Gasteiger partial charge >= 0.3 is 0 Å². The molecule has 118 valence electrons. The Labute approximate surface area is 126 Å². The number of aryl methyl sites for hydroxylation is 1. The van der Waals surface area contributed by atoms with Crippen molar-refractivity contribution in [1.82, 2.24) is 14.7 Å². The summed E-state index contributed by atoms with van der Waals surface area (Å²) >= 11 is 0. The number of nitrogens with zero attached hydrogens (tertiary/aromatic N) is 3. The van der Waals surface area contributed by atoms with Crippen LogP contribution >= 0.6 is 0 Å². The van der Waals surface area contributed by atoms with E-state index in [0.717, 1.165) is 24.8 Å². The number of piperidine rings is 1. The van der Waals surface area contributed by atoms with Crippen molar-refractivity contribution in [2.24, 2.45) is 24.4 Å². The maximum absolute atomic E-state index is 11.6. The number of carbonyl (C=O) groups is 1. The molecule has 21 heavy (non-hydrogen) atoms. The van der Waals surface area contributed by atoms with E-state index in [2.05, 4.69) is 23.8 Å². The van der Waals surface area contributed by atoms with Crippen LogP contribution < -0.4 is 11.5 Å². The van der Waals surface area contributed by atoms with Gasteiger partial charge in [0.25, 0.3) is 0 Å². The number of primary amides is 1. The Morgan fingerprint density at radius 2 is 2.24 bits per heavy atom. The van der Waals surface area contributed by atoms with Crippen LogP contribution in [0, 0.1) is 5.92 Å². The molecule has 1 aromatic rings. The van der Waals surface area contributed by atoms with Gasteiger partial charge in [-0.25, -0.2) is 0 Å². The second kappa shape index (κ2) is 6.58. The summed E-state index contributed by atoms with van der Waals surface area (Å²) in [5.74, 6) is -0.286. The molecular weight excluding hydrogens is 266 g/mol. The van der Waals surface area contributed by atoms with Crippen LogP contribution in [0.4, 0.5) is 0 Å². The highest BCUT2D eigenvalue weighted by Crippen LogP contribution is 2.33. The third-order valence-corrected chi connectivity index (χ3v) is 4.63. The van der Waals surface area contributed by atoms with Gasteiger partial charge < -0.3 is 11.5 Å². The number of rotatable bonds is 5. The van der Waals surface area contributed by atoms with E-state index in [0.29, 0.717) is 12.6 Å². The summed E-state index contributed by atoms with van der Waals surface area (Å²) in [5.41, 5.74) is 13.0. The number of carbonyl (C=O) groups excluding carboxylic acids is 1. The Hall–Kier alpha value is -1.40. The van der Waals surface area contributed by atoms with Crippen LogP contribution in [0.3, 0.4) is 0 Å². The molecule has 0 saturated carbocycles. The lowest BCUT2D eigenvalue weighted by molar-refractivity contribution is -0.124. The van der Waals surface area contributed by atoms with Gasteiger partial charge in [-0.05, 0) is 26.2 Å². The van der Waals surface area contributed by atoms with Crippen molar-refractivity contribution >= 4 is 5.91 Å². The topological polar surface area (TPSA) is 90.2 Å². The van der Waals surface area contributed by atoms with Gasteiger partial charge in [0.1, 0.15) is 0 Å². The fourth-order valence-corrected chi connectivity index (χ4v) is 3.25. The van der Waals surface area contributed by atoms with Gasteiger partial charge in [-0.2, -0.15) is 5.10 Å². The van der Waals surface area contributed by atoms with Gasteiger partial charge in [0.05, 0.1) is 18.2 Å². The van der Waals surface area contributed by atoms with Crippen LogP contribution in [0.1, 0.15) is 44.7 Å². The first kappa shape index (κ1) is 16.0. The highest BCUT2D eigenvalue weighted by molar-refractivity contribution is 5.77. The maximum atomic E-state index is 11.6. The average Bonchev–Trinajstić information content (AvgIpc) is 2.86. The summed E-state index contributed by atoms with van der Waals surface area (Å²) < 4.78 is 1.80.